The molecule has 162 valence electrons. The van der Waals surface area contributed by atoms with Crippen molar-refractivity contribution in [3.63, 3.8) is 0 Å². The van der Waals surface area contributed by atoms with Crippen LogP contribution in [0.25, 0.3) is 0 Å². The molecule has 1 saturated heterocycles. The summed E-state index contributed by atoms with van der Waals surface area (Å²) in [7, 11) is 0. The smallest absolute Gasteiger partial charge is 0.409 e. The number of guanidine groups is 1. The van der Waals surface area contributed by atoms with Gasteiger partial charge in [-0.25, -0.2) is 9.79 Å². The van der Waals surface area contributed by atoms with Crippen LogP contribution in [0.3, 0.4) is 0 Å². The van der Waals surface area contributed by atoms with Crippen LogP contribution >= 0.6 is 11.6 Å². The Morgan fingerprint density at radius 1 is 1.10 bits per heavy atom. The Hall–Kier alpha value is -2.81. The Kier molecular flexibility index (Phi) is 7.15. The quantitative estimate of drug-likeness (QED) is 0.570. The third-order valence-electron chi connectivity index (χ3n) is 4.95. The van der Waals surface area contributed by atoms with Crippen LogP contribution in [0.15, 0.2) is 29.3 Å². The minimum atomic E-state index is -1.09. The van der Waals surface area contributed by atoms with E-state index >= 15 is 0 Å². The van der Waals surface area contributed by atoms with Crippen LogP contribution in [0.5, 0.6) is 0 Å². The molecule has 0 radical (unpaired) electrons. The number of amides is 2. The van der Waals surface area contributed by atoms with Crippen molar-refractivity contribution in [1.82, 2.24) is 15.1 Å². The monoisotopic (exact) mass is 436 g/mol. The molecule has 1 aromatic rings. The molecule has 1 aromatic carbocycles. The van der Waals surface area contributed by atoms with Crippen molar-refractivity contribution in [2.75, 3.05) is 39.4 Å². The molecule has 0 aliphatic carbocycles. The van der Waals surface area contributed by atoms with Gasteiger partial charge < -0.3 is 19.3 Å². The second-order valence-electron chi connectivity index (χ2n) is 6.84. The van der Waals surface area contributed by atoms with Crippen LogP contribution < -0.4 is 5.32 Å². The number of hydrogen-bond acceptors (Lipinski definition) is 7. The van der Waals surface area contributed by atoms with Crippen molar-refractivity contribution in [2.45, 2.75) is 19.9 Å². The summed E-state index contributed by atoms with van der Waals surface area (Å²) in [5.74, 6) is -1.80. The fourth-order valence-corrected chi connectivity index (χ4v) is 3.57. The number of hydrogen-bond donors (Lipinski definition) is 1. The van der Waals surface area contributed by atoms with Gasteiger partial charge in [-0.3, -0.25) is 14.9 Å². The second-order valence-corrected chi connectivity index (χ2v) is 7.28. The lowest BCUT2D eigenvalue weighted by Crippen LogP contribution is -2.58. The number of ether oxygens (including phenoxy) is 2. The lowest BCUT2D eigenvalue weighted by Gasteiger charge is -2.38. The number of benzene rings is 1. The Balaban J connectivity index is 1.82. The minimum absolute atomic E-state index is 0.169. The molecule has 3 rings (SSSR count). The summed E-state index contributed by atoms with van der Waals surface area (Å²) in [4.78, 5) is 45.4. The molecule has 9 nitrogen and oxygen atoms in total. The van der Waals surface area contributed by atoms with Crippen LogP contribution in [-0.4, -0.2) is 73.1 Å². The molecule has 2 heterocycles. The molecule has 30 heavy (non-hydrogen) atoms. The average Bonchev–Trinajstić information content (AvgIpc) is 2.74. The summed E-state index contributed by atoms with van der Waals surface area (Å²) in [6.07, 6.45) is -0.354. The maximum Gasteiger partial charge on any atom is 0.409 e. The maximum atomic E-state index is 12.8. The van der Waals surface area contributed by atoms with E-state index in [1.165, 1.54) is 0 Å². The Morgan fingerprint density at radius 3 is 2.33 bits per heavy atom. The number of nitrogens with zero attached hydrogens (tertiary/aromatic N) is 3. The molecule has 0 aromatic heterocycles. The predicted octanol–water partition coefficient (Wildman–Crippen LogP) is 1.82. The molecule has 2 atom stereocenters. The van der Waals surface area contributed by atoms with E-state index in [0.29, 0.717) is 49.3 Å². The van der Waals surface area contributed by atoms with Gasteiger partial charge in [0.2, 0.25) is 11.9 Å². The summed E-state index contributed by atoms with van der Waals surface area (Å²) >= 11 is 5.98. The van der Waals surface area contributed by atoms with Crippen LogP contribution in [0, 0.1) is 5.92 Å². The highest BCUT2D eigenvalue weighted by atomic mass is 35.5. The number of aliphatic imine (C=N–C) groups is 1. The van der Waals surface area contributed by atoms with Gasteiger partial charge >= 0.3 is 12.1 Å². The molecule has 0 spiro atoms. The molecule has 2 aliphatic heterocycles. The molecule has 0 bridgehead atoms. The Labute approximate surface area is 180 Å². The topological polar surface area (TPSA) is 101 Å². The highest BCUT2D eigenvalue weighted by Crippen LogP contribution is 2.31. The Morgan fingerprint density at radius 2 is 1.73 bits per heavy atom. The lowest BCUT2D eigenvalue weighted by atomic mass is 9.91. The van der Waals surface area contributed by atoms with Gasteiger partial charge in [-0.2, -0.15) is 0 Å². The molecule has 2 unspecified atom stereocenters. The van der Waals surface area contributed by atoms with Gasteiger partial charge in [-0.1, -0.05) is 23.7 Å². The van der Waals surface area contributed by atoms with Crippen molar-refractivity contribution in [3.05, 3.63) is 34.9 Å². The van der Waals surface area contributed by atoms with E-state index in [-0.39, 0.29) is 12.7 Å². The van der Waals surface area contributed by atoms with Gasteiger partial charge in [0.05, 0.1) is 13.2 Å². The third kappa shape index (κ3) is 4.84. The lowest BCUT2D eigenvalue weighted by molar-refractivity contribution is -0.153. The van der Waals surface area contributed by atoms with Crippen LogP contribution in [-0.2, 0) is 19.1 Å². The molecule has 2 aliphatic rings. The number of carbonyl (C=O) groups is 3. The van der Waals surface area contributed by atoms with E-state index in [0.717, 1.165) is 0 Å². The molecular weight excluding hydrogens is 412 g/mol. The van der Waals surface area contributed by atoms with Crippen molar-refractivity contribution in [2.24, 2.45) is 10.9 Å². The zero-order valence-corrected chi connectivity index (χ0v) is 17.7. The van der Waals surface area contributed by atoms with Gasteiger partial charge in [0.15, 0.2) is 5.92 Å². The van der Waals surface area contributed by atoms with E-state index < -0.39 is 23.8 Å². The van der Waals surface area contributed by atoms with Gasteiger partial charge in [-0.05, 0) is 31.5 Å². The van der Waals surface area contributed by atoms with Crippen molar-refractivity contribution in [3.8, 4) is 0 Å². The number of piperazine rings is 1. The first kappa shape index (κ1) is 21.9. The number of nitrogens with one attached hydrogen (secondary N) is 1. The van der Waals surface area contributed by atoms with E-state index in [1.54, 1.807) is 43.0 Å². The van der Waals surface area contributed by atoms with E-state index in [9.17, 15) is 14.4 Å². The van der Waals surface area contributed by atoms with Crippen LogP contribution in [0.2, 0.25) is 5.02 Å². The molecule has 1 N–H and O–H groups in total. The van der Waals surface area contributed by atoms with Crippen molar-refractivity contribution >= 4 is 35.5 Å². The largest absolute Gasteiger partial charge is 0.465 e. The summed E-state index contributed by atoms with van der Waals surface area (Å²) in [5.41, 5.74) is 0.690. The molecule has 1 fully saturated rings. The first-order chi connectivity index (χ1) is 14.4. The molecule has 0 saturated carbocycles. The van der Waals surface area contributed by atoms with Gasteiger partial charge in [0, 0.05) is 31.2 Å². The fraction of sp³-hybridized carbons (Fsp3) is 0.500. The van der Waals surface area contributed by atoms with E-state index in [4.69, 9.17) is 21.1 Å². The molecule has 10 heteroatoms. The first-order valence-corrected chi connectivity index (χ1v) is 10.3. The van der Waals surface area contributed by atoms with Gasteiger partial charge in [0.25, 0.3) is 0 Å². The van der Waals surface area contributed by atoms with Crippen molar-refractivity contribution < 1.29 is 23.9 Å². The number of halogens is 1. The highest BCUT2D eigenvalue weighted by Gasteiger charge is 2.42. The zero-order chi connectivity index (χ0) is 21.7. The maximum absolute atomic E-state index is 12.8. The third-order valence-corrected chi connectivity index (χ3v) is 5.20. The minimum Gasteiger partial charge on any atom is -0.465 e. The highest BCUT2D eigenvalue weighted by molar-refractivity contribution is 6.30. The van der Waals surface area contributed by atoms with Gasteiger partial charge in [-0.15, -0.1) is 0 Å². The van der Waals surface area contributed by atoms with Crippen LogP contribution in [0.4, 0.5) is 4.79 Å². The first-order valence-electron chi connectivity index (χ1n) is 9.92. The molecule has 2 amide bonds. The summed E-state index contributed by atoms with van der Waals surface area (Å²) in [6.45, 7) is 5.79. The van der Waals surface area contributed by atoms with E-state index in [1.807, 2.05) is 4.90 Å². The number of rotatable bonds is 4. The van der Waals surface area contributed by atoms with Gasteiger partial charge in [0.1, 0.15) is 6.04 Å². The number of esters is 1. The standard InChI is InChI=1S/C20H25ClN4O5/c1-3-29-18(27)15-16(13-5-7-14(21)8-6-13)22-19(23-17(15)26)24-9-11-25(12-10-24)20(28)30-4-2/h5-8,15-16H,3-4,9-12H2,1-2H3,(H,22,23,26). The average molecular weight is 437 g/mol. The van der Waals surface area contributed by atoms with Crippen molar-refractivity contribution in [1.29, 1.82) is 0 Å². The summed E-state index contributed by atoms with van der Waals surface area (Å²) in [5, 5.41) is 3.28. The Bertz CT molecular complexity index is 821. The predicted molar refractivity (Wildman–Crippen MR) is 110 cm³/mol. The van der Waals surface area contributed by atoms with E-state index in [2.05, 4.69) is 10.3 Å². The zero-order valence-electron chi connectivity index (χ0n) is 17.0. The second kappa shape index (κ2) is 9.80. The summed E-state index contributed by atoms with van der Waals surface area (Å²) in [6, 6.07) is 6.15. The molecular formula is C20H25ClN4O5. The normalized spacial score (nSPS) is 21.6. The fourth-order valence-electron chi connectivity index (χ4n) is 3.44. The van der Waals surface area contributed by atoms with Crippen LogP contribution in [0.1, 0.15) is 25.5 Å². The summed E-state index contributed by atoms with van der Waals surface area (Å²) < 4.78 is 10.1. The number of carbonyl (C=O) groups excluding carboxylic acids is 3. The SMILES string of the molecule is CCOC(=O)C1C(=O)NC(N2CCN(C(=O)OCC)CC2)=NC1c1ccc(Cl)cc1.